The monoisotopic (exact) mass is 282 g/mol. The minimum Gasteiger partial charge on any atom is -0.385 e. The summed E-state index contributed by atoms with van der Waals surface area (Å²) in [6.45, 7) is 6.81. The van der Waals surface area contributed by atoms with Gasteiger partial charge in [-0.15, -0.1) is 0 Å². The van der Waals surface area contributed by atoms with Crippen LogP contribution in [0.5, 0.6) is 0 Å². The molecule has 0 aromatic heterocycles. The van der Waals surface area contributed by atoms with E-state index in [0.717, 1.165) is 31.7 Å². The first-order valence-corrected chi connectivity index (χ1v) is 7.24. The van der Waals surface area contributed by atoms with E-state index in [1.54, 1.807) is 13.2 Å². The second-order valence-electron chi connectivity index (χ2n) is 5.26. The molecule has 0 aliphatic carbocycles. The van der Waals surface area contributed by atoms with Crippen molar-refractivity contribution in [1.29, 1.82) is 0 Å². The quantitative estimate of drug-likeness (QED) is 0.705. The molecule has 1 rings (SSSR count). The predicted octanol–water partition coefficient (Wildman–Crippen LogP) is 2.83. The Morgan fingerprint density at radius 3 is 2.65 bits per heavy atom. The van der Waals surface area contributed by atoms with Gasteiger partial charge in [-0.1, -0.05) is 18.2 Å². The molecule has 0 saturated carbocycles. The maximum atomic E-state index is 13.8. The minimum atomic E-state index is -0.132. The molecule has 0 aliphatic heterocycles. The van der Waals surface area contributed by atoms with Crippen LogP contribution in [0, 0.1) is 5.82 Å². The number of halogens is 1. The topological polar surface area (TPSA) is 24.5 Å². The number of hydrogen-bond donors (Lipinski definition) is 1. The summed E-state index contributed by atoms with van der Waals surface area (Å²) in [7, 11) is 3.76. The maximum absolute atomic E-state index is 13.8. The molecule has 0 heterocycles. The van der Waals surface area contributed by atoms with Crippen LogP contribution in [0.4, 0.5) is 4.39 Å². The van der Waals surface area contributed by atoms with E-state index in [1.165, 1.54) is 6.07 Å². The molecule has 2 unspecified atom stereocenters. The fourth-order valence-corrected chi connectivity index (χ4v) is 2.21. The van der Waals surface area contributed by atoms with E-state index in [2.05, 4.69) is 17.1 Å². The lowest BCUT2D eigenvalue weighted by Gasteiger charge is -2.31. The predicted molar refractivity (Wildman–Crippen MR) is 81.4 cm³/mol. The Morgan fingerprint density at radius 2 is 2.00 bits per heavy atom. The number of nitrogens with one attached hydrogen (secondary N) is 1. The summed E-state index contributed by atoms with van der Waals surface area (Å²) in [6.07, 6.45) is 1.01. The highest BCUT2D eigenvalue weighted by Crippen LogP contribution is 2.22. The average Bonchev–Trinajstić information content (AvgIpc) is 2.46. The summed E-state index contributed by atoms with van der Waals surface area (Å²) in [5.41, 5.74) is 0.751. The van der Waals surface area contributed by atoms with Crippen LogP contribution in [0.1, 0.15) is 31.9 Å². The highest BCUT2D eigenvalue weighted by Gasteiger charge is 2.19. The van der Waals surface area contributed by atoms with Crippen molar-refractivity contribution in [2.75, 3.05) is 33.9 Å². The van der Waals surface area contributed by atoms with Crippen molar-refractivity contribution in [3.8, 4) is 0 Å². The Morgan fingerprint density at radius 1 is 1.30 bits per heavy atom. The first-order chi connectivity index (χ1) is 9.57. The molecule has 0 fully saturated rings. The zero-order valence-electron chi connectivity index (χ0n) is 13.0. The third-order valence-corrected chi connectivity index (χ3v) is 3.80. The molecule has 0 radical (unpaired) electrons. The van der Waals surface area contributed by atoms with Gasteiger partial charge in [0.15, 0.2) is 0 Å². The van der Waals surface area contributed by atoms with Gasteiger partial charge in [-0.3, -0.25) is 4.90 Å². The van der Waals surface area contributed by atoms with E-state index in [1.807, 2.05) is 26.1 Å². The largest absolute Gasteiger partial charge is 0.385 e. The summed E-state index contributed by atoms with van der Waals surface area (Å²) in [5, 5.41) is 3.41. The Kier molecular flexibility index (Phi) is 7.73. The summed E-state index contributed by atoms with van der Waals surface area (Å²) in [4.78, 5) is 2.20. The number of hydrogen-bond acceptors (Lipinski definition) is 3. The van der Waals surface area contributed by atoms with Gasteiger partial charge in [0.2, 0.25) is 0 Å². The van der Waals surface area contributed by atoms with Crippen molar-refractivity contribution in [1.82, 2.24) is 10.2 Å². The van der Waals surface area contributed by atoms with Crippen molar-refractivity contribution in [3.63, 3.8) is 0 Å². The smallest absolute Gasteiger partial charge is 0.127 e. The van der Waals surface area contributed by atoms with E-state index < -0.39 is 0 Å². The van der Waals surface area contributed by atoms with Crippen LogP contribution in [0.3, 0.4) is 0 Å². The Balaban J connectivity index is 2.43. The zero-order valence-corrected chi connectivity index (χ0v) is 13.0. The molecule has 2 atom stereocenters. The second kappa shape index (κ2) is 9.06. The normalized spacial score (nSPS) is 14.5. The summed E-state index contributed by atoms with van der Waals surface area (Å²) >= 11 is 0. The number of nitrogens with zero attached hydrogens (tertiary/aromatic N) is 1. The minimum absolute atomic E-state index is 0.0620. The SMILES string of the molecule is COCCCNCC(C)N(C)C(C)c1ccccc1F. The lowest BCUT2D eigenvalue weighted by Crippen LogP contribution is -2.39. The molecule has 1 aromatic rings. The zero-order chi connectivity index (χ0) is 15.0. The van der Waals surface area contributed by atoms with E-state index in [-0.39, 0.29) is 11.9 Å². The number of likely N-dealkylation sites (N-methyl/N-ethyl adjacent to an activating group) is 1. The highest BCUT2D eigenvalue weighted by molar-refractivity contribution is 5.20. The summed E-state index contributed by atoms with van der Waals surface area (Å²) in [6, 6.07) is 7.39. The third-order valence-electron chi connectivity index (χ3n) is 3.80. The standard InChI is InChI=1S/C16H27FN2O/c1-13(12-18-10-7-11-20-4)19(3)14(2)15-8-5-6-9-16(15)17/h5-6,8-9,13-14,18H,7,10-12H2,1-4H3. The molecule has 1 aromatic carbocycles. The van der Waals surface area contributed by atoms with Gasteiger partial charge in [-0.05, 0) is 39.9 Å². The lowest BCUT2D eigenvalue weighted by atomic mass is 10.1. The van der Waals surface area contributed by atoms with Crippen LogP contribution in [0.2, 0.25) is 0 Å². The van der Waals surface area contributed by atoms with E-state index in [0.29, 0.717) is 6.04 Å². The molecule has 3 nitrogen and oxygen atoms in total. The maximum Gasteiger partial charge on any atom is 0.127 e. The Bertz CT molecular complexity index is 386. The first-order valence-electron chi connectivity index (χ1n) is 7.24. The van der Waals surface area contributed by atoms with Gasteiger partial charge >= 0.3 is 0 Å². The van der Waals surface area contributed by atoms with Gasteiger partial charge in [-0.25, -0.2) is 4.39 Å². The second-order valence-corrected chi connectivity index (χ2v) is 5.26. The first kappa shape index (κ1) is 17.1. The van der Waals surface area contributed by atoms with E-state index in [4.69, 9.17) is 4.74 Å². The molecule has 20 heavy (non-hydrogen) atoms. The number of benzene rings is 1. The molecular weight excluding hydrogens is 255 g/mol. The van der Waals surface area contributed by atoms with Crippen LogP contribution in [-0.4, -0.2) is 44.8 Å². The molecule has 1 N–H and O–H groups in total. The van der Waals surface area contributed by atoms with Crippen LogP contribution in [0.15, 0.2) is 24.3 Å². The van der Waals surface area contributed by atoms with Gasteiger partial charge < -0.3 is 10.1 Å². The van der Waals surface area contributed by atoms with Crippen molar-refractivity contribution < 1.29 is 9.13 Å². The van der Waals surface area contributed by atoms with Crippen LogP contribution >= 0.6 is 0 Å². The van der Waals surface area contributed by atoms with E-state index >= 15 is 0 Å². The fraction of sp³-hybridized carbons (Fsp3) is 0.625. The van der Waals surface area contributed by atoms with Crippen LogP contribution in [-0.2, 0) is 4.74 Å². The van der Waals surface area contributed by atoms with E-state index in [9.17, 15) is 4.39 Å². The summed E-state index contributed by atoms with van der Waals surface area (Å²) < 4.78 is 18.8. The molecule has 114 valence electrons. The van der Waals surface area contributed by atoms with Crippen molar-refractivity contribution in [2.45, 2.75) is 32.4 Å². The molecule has 4 heteroatoms. The molecule has 0 amide bonds. The number of ether oxygens (including phenoxy) is 1. The molecule has 0 aliphatic rings. The van der Waals surface area contributed by atoms with Crippen LogP contribution in [0.25, 0.3) is 0 Å². The lowest BCUT2D eigenvalue weighted by molar-refractivity contribution is 0.181. The van der Waals surface area contributed by atoms with Crippen molar-refractivity contribution in [2.24, 2.45) is 0 Å². The number of rotatable bonds is 9. The van der Waals surface area contributed by atoms with Gasteiger partial charge in [0.1, 0.15) is 5.82 Å². The highest BCUT2D eigenvalue weighted by atomic mass is 19.1. The number of methoxy groups -OCH3 is 1. The van der Waals surface area contributed by atoms with Gasteiger partial charge in [0.25, 0.3) is 0 Å². The van der Waals surface area contributed by atoms with Crippen molar-refractivity contribution >= 4 is 0 Å². The van der Waals surface area contributed by atoms with Gasteiger partial charge in [0, 0.05) is 37.9 Å². The average molecular weight is 282 g/mol. The molecule has 0 spiro atoms. The van der Waals surface area contributed by atoms with Gasteiger partial charge in [-0.2, -0.15) is 0 Å². The fourth-order valence-electron chi connectivity index (χ4n) is 2.21. The molecular formula is C16H27FN2O. The Hall–Kier alpha value is -0.970. The summed E-state index contributed by atoms with van der Waals surface area (Å²) in [5.74, 6) is -0.132. The van der Waals surface area contributed by atoms with Crippen molar-refractivity contribution in [3.05, 3.63) is 35.6 Å². The molecule has 0 bridgehead atoms. The van der Waals surface area contributed by atoms with Gasteiger partial charge in [0.05, 0.1) is 0 Å². The third kappa shape index (κ3) is 5.19. The van der Waals surface area contributed by atoms with Crippen LogP contribution < -0.4 is 5.32 Å². The molecule has 0 saturated heterocycles. The Labute approximate surface area is 122 Å².